The number of aliphatic carboxylic acids is 1. The van der Waals surface area contributed by atoms with E-state index in [1.165, 1.54) is 7.11 Å². The fourth-order valence-corrected chi connectivity index (χ4v) is 2.19. The molecule has 19 heavy (non-hydrogen) atoms. The van der Waals surface area contributed by atoms with Crippen LogP contribution in [0.5, 0.6) is 5.75 Å². The number of carboxylic acids is 1. The average Bonchev–Trinajstić information content (AvgIpc) is 2.27. The van der Waals surface area contributed by atoms with E-state index in [1.54, 1.807) is 6.07 Å². The second-order valence-electron chi connectivity index (χ2n) is 5.46. The van der Waals surface area contributed by atoms with Gasteiger partial charge in [0.1, 0.15) is 5.75 Å². The number of rotatable bonds is 4. The molecule has 0 heterocycles. The maximum atomic E-state index is 11.3. The van der Waals surface area contributed by atoms with Gasteiger partial charge in [-0.25, -0.2) is 0 Å². The fraction of sp³-hybridized carbons (Fsp3) is 0.500. The SMILES string of the molecule is COc1c(Cl)cc(C(C)(C)C)cc1C(CN)C(=O)O. The highest BCUT2D eigenvalue weighted by atomic mass is 35.5. The molecule has 0 saturated heterocycles. The summed E-state index contributed by atoms with van der Waals surface area (Å²) in [6.45, 7) is 6.10. The van der Waals surface area contributed by atoms with Crippen LogP contribution >= 0.6 is 11.6 Å². The number of carboxylic acid groups (broad SMARTS) is 1. The van der Waals surface area contributed by atoms with Crippen LogP contribution in [0.4, 0.5) is 0 Å². The summed E-state index contributed by atoms with van der Waals surface area (Å²) in [6.07, 6.45) is 0. The average molecular weight is 286 g/mol. The van der Waals surface area contributed by atoms with Crippen molar-refractivity contribution in [3.8, 4) is 5.75 Å². The summed E-state index contributed by atoms with van der Waals surface area (Å²) in [5, 5.41) is 9.66. The van der Waals surface area contributed by atoms with Gasteiger partial charge in [-0.3, -0.25) is 4.79 Å². The van der Waals surface area contributed by atoms with Gasteiger partial charge in [0, 0.05) is 12.1 Å². The molecule has 4 nitrogen and oxygen atoms in total. The third kappa shape index (κ3) is 3.39. The van der Waals surface area contributed by atoms with Gasteiger partial charge in [0.15, 0.2) is 0 Å². The summed E-state index contributed by atoms with van der Waals surface area (Å²) in [5.41, 5.74) is 6.90. The Hall–Kier alpha value is -1.26. The zero-order valence-corrected chi connectivity index (χ0v) is 12.4. The highest BCUT2D eigenvalue weighted by Gasteiger charge is 2.26. The zero-order valence-electron chi connectivity index (χ0n) is 11.7. The predicted octanol–water partition coefficient (Wildman–Crippen LogP) is 2.77. The van der Waals surface area contributed by atoms with E-state index in [2.05, 4.69) is 0 Å². The molecule has 1 unspecified atom stereocenters. The molecule has 0 bridgehead atoms. The van der Waals surface area contributed by atoms with E-state index in [0.29, 0.717) is 16.3 Å². The van der Waals surface area contributed by atoms with Crippen LogP contribution in [-0.4, -0.2) is 24.7 Å². The first-order valence-electron chi connectivity index (χ1n) is 6.03. The zero-order chi connectivity index (χ0) is 14.8. The summed E-state index contributed by atoms with van der Waals surface area (Å²) in [4.78, 5) is 11.3. The number of nitrogens with two attached hydrogens (primary N) is 1. The normalized spacial score (nSPS) is 13.2. The van der Waals surface area contributed by atoms with Crippen molar-refractivity contribution in [3.63, 3.8) is 0 Å². The maximum Gasteiger partial charge on any atom is 0.312 e. The van der Waals surface area contributed by atoms with Gasteiger partial charge < -0.3 is 15.6 Å². The minimum Gasteiger partial charge on any atom is -0.495 e. The Morgan fingerprint density at radius 2 is 2.05 bits per heavy atom. The molecular formula is C14H20ClNO3. The van der Waals surface area contributed by atoms with Gasteiger partial charge in [-0.05, 0) is 17.0 Å². The lowest BCUT2D eigenvalue weighted by Crippen LogP contribution is -2.23. The Labute approximate surface area is 118 Å². The van der Waals surface area contributed by atoms with Gasteiger partial charge in [0.2, 0.25) is 0 Å². The smallest absolute Gasteiger partial charge is 0.312 e. The molecule has 5 heteroatoms. The Morgan fingerprint density at radius 1 is 1.47 bits per heavy atom. The highest BCUT2D eigenvalue weighted by Crippen LogP contribution is 2.38. The monoisotopic (exact) mass is 285 g/mol. The topological polar surface area (TPSA) is 72.5 Å². The van der Waals surface area contributed by atoms with E-state index < -0.39 is 11.9 Å². The van der Waals surface area contributed by atoms with Crippen LogP contribution in [0.25, 0.3) is 0 Å². The molecule has 0 spiro atoms. The lowest BCUT2D eigenvalue weighted by atomic mass is 9.84. The van der Waals surface area contributed by atoms with Crippen molar-refractivity contribution in [3.05, 3.63) is 28.3 Å². The first kappa shape index (κ1) is 15.8. The summed E-state index contributed by atoms with van der Waals surface area (Å²) in [5.74, 6) is -1.43. The largest absolute Gasteiger partial charge is 0.495 e. The van der Waals surface area contributed by atoms with Crippen LogP contribution in [0.3, 0.4) is 0 Å². The van der Waals surface area contributed by atoms with E-state index in [0.717, 1.165) is 5.56 Å². The van der Waals surface area contributed by atoms with Crippen molar-refractivity contribution in [2.24, 2.45) is 5.73 Å². The quantitative estimate of drug-likeness (QED) is 0.892. The Kier molecular flexibility index (Phi) is 4.82. The van der Waals surface area contributed by atoms with Gasteiger partial charge in [-0.1, -0.05) is 38.4 Å². The fourth-order valence-electron chi connectivity index (χ4n) is 1.88. The summed E-state index contributed by atoms with van der Waals surface area (Å²) in [6, 6.07) is 3.62. The lowest BCUT2D eigenvalue weighted by molar-refractivity contribution is -0.138. The van der Waals surface area contributed by atoms with E-state index in [-0.39, 0.29) is 12.0 Å². The summed E-state index contributed by atoms with van der Waals surface area (Å²) >= 11 is 6.19. The molecule has 0 fully saturated rings. The molecule has 0 radical (unpaired) electrons. The third-order valence-corrected chi connectivity index (χ3v) is 3.33. The minimum atomic E-state index is -0.983. The molecule has 1 atom stereocenters. The predicted molar refractivity (Wildman–Crippen MR) is 76.1 cm³/mol. The molecule has 0 aliphatic carbocycles. The van der Waals surface area contributed by atoms with E-state index in [1.807, 2.05) is 26.8 Å². The van der Waals surface area contributed by atoms with Crippen LogP contribution in [0.2, 0.25) is 5.02 Å². The molecule has 1 aromatic rings. The molecule has 1 rings (SSSR count). The molecule has 0 amide bonds. The molecule has 3 N–H and O–H groups in total. The second-order valence-corrected chi connectivity index (χ2v) is 5.86. The first-order valence-corrected chi connectivity index (χ1v) is 6.41. The van der Waals surface area contributed by atoms with Crippen molar-refractivity contribution >= 4 is 17.6 Å². The number of benzene rings is 1. The van der Waals surface area contributed by atoms with Crippen molar-refractivity contribution in [2.75, 3.05) is 13.7 Å². The number of methoxy groups -OCH3 is 1. The van der Waals surface area contributed by atoms with Crippen LogP contribution in [0.1, 0.15) is 37.8 Å². The van der Waals surface area contributed by atoms with E-state index in [9.17, 15) is 9.90 Å². The van der Waals surface area contributed by atoms with Crippen molar-refractivity contribution in [2.45, 2.75) is 32.1 Å². The number of hydrogen-bond donors (Lipinski definition) is 2. The van der Waals surface area contributed by atoms with Gasteiger partial charge in [-0.2, -0.15) is 0 Å². The third-order valence-electron chi connectivity index (χ3n) is 3.05. The summed E-state index contributed by atoms with van der Waals surface area (Å²) < 4.78 is 5.23. The summed E-state index contributed by atoms with van der Waals surface area (Å²) in [7, 11) is 1.47. The number of hydrogen-bond acceptors (Lipinski definition) is 3. The van der Waals surface area contributed by atoms with Gasteiger partial charge in [-0.15, -0.1) is 0 Å². The number of halogens is 1. The Balaban J connectivity index is 3.50. The Bertz CT molecular complexity index is 480. The second kappa shape index (κ2) is 5.80. The van der Waals surface area contributed by atoms with E-state index in [4.69, 9.17) is 22.1 Å². The van der Waals surface area contributed by atoms with Crippen molar-refractivity contribution < 1.29 is 14.6 Å². The molecule has 0 saturated carbocycles. The van der Waals surface area contributed by atoms with E-state index >= 15 is 0 Å². The van der Waals surface area contributed by atoms with Crippen LogP contribution in [-0.2, 0) is 10.2 Å². The standard InChI is InChI=1S/C14H20ClNO3/c1-14(2,3)8-5-9(10(7-16)13(17)18)12(19-4)11(15)6-8/h5-6,10H,7,16H2,1-4H3,(H,17,18). The number of carbonyl (C=O) groups is 1. The van der Waals surface area contributed by atoms with Gasteiger partial charge >= 0.3 is 5.97 Å². The van der Waals surface area contributed by atoms with Crippen LogP contribution in [0.15, 0.2) is 12.1 Å². The lowest BCUT2D eigenvalue weighted by Gasteiger charge is -2.23. The maximum absolute atomic E-state index is 11.3. The highest BCUT2D eigenvalue weighted by molar-refractivity contribution is 6.32. The van der Waals surface area contributed by atoms with Gasteiger partial charge in [0.05, 0.1) is 18.1 Å². The van der Waals surface area contributed by atoms with Crippen molar-refractivity contribution in [1.82, 2.24) is 0 Å². The molecule has 106 valence electrons. The van der Waals surface area contributed by atoms with Crippen molar-refractivity contribution in [1.29, 1.82) is 0 Å². The minimum absolute atomic E-state index is 0.00435. The Morgan fingerprint density at radius 3 is 2.42 bits per heavy atom. The van der Waals surface area contributed by atoms with Crippen LogP contribution in [0, 0.1) is 0 Å². The van der Waals surface area contributed by atoms with Gasteiger partial charge in [0.25, 0.3) is 0 Å². The molecule has 0 aromatic heterocycles. The first-order chi connectivity index (χ1) is 8.72. The molecule has 1 aromatic carbocycles. The van der Waals surface area contributed by atoms with Crippen LogP contribution < -0.4 is 10.5 Å². The molecule has 0 aliphatic heterocycles. The molecule has 0 aliphatic rings. The number of ether oxygens (including phenoxy) is 1. The molecular weight excluding hydrogens is 266 g/mol.